The third-order valence-electron chi connectivity index (χ3n) is 3.03. The Balaban J connectivity index is 2.75. The minimum absolute atomic E-state index is 0.106. The van der Waals surface area contributed by atoms with Gasteiger partial charge in [0, 0.05) is 7.11 Å². The molecule has 1 unspecified atom stereocenters. The van der Waals surface area contributed by atoms with Crippen LogP contribution in [-0.2, 0) is 4.74 Å². The summed E-state index contributed by atoms with van der Waals surface area (Å²) >= 11 is 0. The van der Waals surface area contributed by atoms with E-state index in [1.165, 1.54) is 6.07 Å². The number of rotatable bonds is 6. The Hall–Kier alpha value is -1.20. The molecule has 0 aliphatic rings. The van der Waals surface area contributed by atoms with Gasteiger partial charge in [0.1, 0.15) is 6.61 Å². The van der Waals surface area contributed by atoms with Crippen LogP contribution in [0.5, 0.6) is 5.75 Å². The molecular weight excluding hydrogens is 240 g/mol. The van der Waals surface area contributed by atoms with Gasteiger partial charge >= 0.3 is 0 Å². The number of ether oxygens (including phenoxy) is 2. The summed E-state index contributed by atoms with van der Waals surface area (Å²) < 4.78 is 37.3. The monoisotopic (exact) mass is 259 g/mol. The van der Waals surface area contributed by atoms with Crippen LogP contribution in [0.15, 0.2) is 18.2 Å². The van der Waals surface area contributed by atoms with Gasteiger partial charge < -0.3 is 14.8 Å². The number of para-hydroxylation sites is 1. The van der Waals surface area contributed by atoms with Crippen LogP contribution in [0.25, 0.3) is 0 Å². The molecule has 1 aromatic rings. The van der Waals surface area contributed by atoms with Crippen LogP contribution < -0.4 is 10.1 Å². The van der Waals surface area contributed by atoms with Crippen molar-refractivity contribution in [3.63, 3.8) is 0 Å². The molecule has 5 heteroatoms. The van der Waals surface area contributed by atoms with Crippen molar-refractivity contribution in [2.75, 3.05) is 20.8 Å². The van der Waals surface area contributed by atoms with Crippen molar-refractivity contribution in [1.29, 1.82) is 0 Å². The minimum atomic E-state index is -0.708. The fourth-order valence-corrected chi connectivity index (χ4v) is 1.56. The Kier molecular flexibility index (Phi) is 5.04. The summed E-state index contributed by atoms with van der Waals surface area (Å²) in [7, 11) is 3.32. The van der Waals surface area contributed by atoms with Gasteiger partial charge in [-0.2, -0.15) is 0 Å². The molecule has 102 valence electrons. The van der Waals surface area contributed by atoms with E-state index < -0.39 is 17.2 Å². The van der Waals surface area contributed by atoms with Crippen LogP contribution in [-0.4, -0.2) is 32.4 Å². The van der Waals surface area contributed by atoms with Crippen LogP contribution in [0.3, 0.4) is 0 Å². The average Bonchev–Trinajstić information content (AvgIpc) is 2.33. The van der Waals surface area contributed by atoms with Crippen molar-refractivity contribution in [3.05, 3.63) is 29.8 Å². The molecule has 0 radical (unpaired) electrons. The van der Waals surface area contributed by atoms with E-state index in [-0.39, 0.29) is 18.4 Å². The quantitative estimate of drug-likeness (QED) is 0.850. The topological polar surface area (TPSA) is 30.5 Å². The SMILES string of the molecule is CNC(COc1c(F)cccc1F)C(C)(C)OC. The Morgan fingerprint density at radius 2 is 1.83 bits per heavy atom. The highest BCUT2D eigenvalue weighted by Crippen LogP contribution is 2.22. The lowest BCUT2D eigenvalue weighted by atomic mass is 9.99. The molecule has 0 saturated heterocycles. The fourth-order valence-electron chi connectivity index (χ4n) is 1.56. The zero-order valence-electron chi connectivity index (χ0n) is 11.1. The molecule has 1 aromatic carbocycles. The average molecular weight is 259 g/mol. The van der Waals surface area contributed by atoms with Crippen molar-refractivity contribution in [1.82, 2.24) is 5.32 Å². The number of methoxy groups -OCH3 is 1. The summed E-state index contributed by atoms with van der Waals surface area (Å²) in [5, 5.41) is 3.01. The van der Waals surface area contributed by atoms with E-state index in [0.29, 0.717) is 0 Å². The summed E-state index contributed by atoms with van der Waals surface area (Å²) in [6.45, 7) is 3.85. The molecule has 0 aromatic heterocycles. The highest BCUT2D eigenvalue weighted by molar-refractivity contribution is 5.26. The molecule has 0 saturated carbocycles. The Labute approximate surface area is 106 Å². The molecule has 0 amide bonds. The van der Waals surface area contributed by atoms with Gasteiger partial charge in [-0.1, -0.05) is 6.07 Å². The van der Waals surface area contributed by atoms with E-state index in [1.54, 1.807) is 14.2 Å². The number of hydrogen-bond acceptors (Lipinski definition) is 3. The number of halogens is 2. The predicted octanol–water partition coefficient (Wildman–Crippen LogP) is 2.36. The number of hydrogen-bond donors (Lipinski definition) is 1. The molecule has 0 aliphatic heterocycles. The lowest BCUT2D eigenvalue weighted by Crippen LogP contribution is -2.50. The minimum Gasteiger partial charge on any atom is -0.486 e. The zero-order chi connectivity index (χ0) is 13.8. The third kappa shape index (κ3) is 3.40. The van der Waals surface area contributed by atoms with Gasteiger partial charge in [0.05, 0.1) is 11.6 Å². The Bertz CT molecular complexity index is 376. The molecule has 0 bridgehead atoms. The lowest BCUT2D eigenvalue weighted by molar-refractivity contribution is -0.0211. The summed E-state index contributed by atoms with van der Waals surface area (Å²) in [5.74, 6) is -1.77. The van der Waals surface area contributed by atoms with Crippen molar-refractivity contribution in [2.45, 2.75) is 25.5 Å². The van der Waals surface area contributed by atoms with E-state index >= 15 is 0 Å². The third-order valence-corrected chi connectivity index (χ3v) is 3.03. The van der Waals surface area contributed by atoms with Crippen LogP contribution in [0, 0.1) is 11.6 Å². The lowest BCUT2D eigenvalue weighted by Gasteiger charge is -2.32. The maximum Gasteiger partial charge on any atom is 0.190 e. The first-order valence-corrected chi connectivity index (χ1v) is 5.71. The largest absolute Gasteiger partial charge is 0.486 e. The first kappa shape index (κ1) is 14.9. The van der Waals surface area contributed by atoms with E-state index in [1.807, 2.05) is 13.8 Å². The molecule has 1 N–H and O–H groups in total. The second-order valence-electron chi connectivity index (χ2n) is 4.51. The molecular formula is C13H19F2NO2. The summed E-state index contributed by atoms with van der Waals surface area (Å²) in [6.07, 6.45) is 0. The summed E-state index contributed by atoms with van der Waals surface area (Å²) in [4.78, 5) is 0. The van der Waals surface area contributed by atoms with Crippen molar-refractivity contribution >= 4 is 0 Å². The van der Waals surface area contributed by atoms with Gasteiger partial charge in [-0.05, 0) is 33.0 Å². The highest BCUT2D eigenvalue weighted by atomic mass is 19.1. The fraction of sp³-hybridized carbons (Fsp3) is 0.538. The standard InChI is InChI=1S/C13H19F2NO2/c1-13(2,17-4)11(16-3)8-18-12-9(14)6-5-7-10(12)15/h5-7,11,16H,8H2,1-4H3. The smallest absolute Gasteiger partial charge is 0.190 e. The maximum absolute atomic E-state index is 13.4. The number of benzene rings is 1. The molecule has 0 spiro atoms. The predicted molar refractivity (Wildman–Crippen MR) is 65.8 cm³/mol. The molecule has 0 heterocycles. The van der Waals surface area contributed by atoms with Gasteiger partial charge in [-0.15, -0.1) is 0 Å². The Morgan fingerprint density at radius 1 is 1.28 bits per heavy atom. The van der Waals surface area contributed by atoms with Gasteiger partial charge in [-0.3, -0.25) is 0 Å². The summed E-state index contributed by atoms with van der Waals surface area (Å²) in [5.41, 5.74) is -0.503. The molecule has 1 atom stereocenters. The number of likely N-dealkylation sites (N-methyl/N-ethyl adjacent to an activating group) is 1. The molecule has 0 aliphatic carbocycles. The van der Waals surface area contributed by atoms with Crippen molar-refractivity contribution in [3.8, 4) is 5.75 Å². The van der Waals surface area contributed by atoms with Crippen LogP contribution in [0.2, 0.25) is 0 Å². The Morgan fingerprint density at radius 3 is 2.28 bits per heavy atom. The van der Waals surface area contributed by atoms with Crippen LogP contribution in [0.1, 0.15) is 13.8 Å². The van der Waals surface area contributed by atoms with E-state index in [9.17, 15) is 8.78 Å². The van der Waals surface area contributed by atoms with E-state index in [4.69, 9.17) is 9.47 Å². The second kappa shape index (κ2) is 6.11. The van der Waals surface area contributed by atoms with E-state index in [2.05, 4.69) is 5.32 Å². The zero-order valence-corrected chi connectivity index (χ0v) is 11.1. The van der Waals surface area contributed by atoms with Gasteiger partial charge in [-0.25, -0.2) is 8.78 Å². The number of nitrogens with one attached hydrogen (secondary N) is 1. The van der Waals surface area contributed by atoms with Gasteiger partial charge in [0.25, 0.3) is 0 Å². The van der Waals surface area contributed by atoms with E-state index in [0.717, 1.165) is 12.1 Å². The van der Waals surface area contributed by atoms with Gasteiger partial charge in [0.15, 0.2) is 17.4 Å². The second-order valence-corrected chi connectivity index (χ2v) is 4.51. The van der Waals surface area contributed by atoms with Crippen LogP contribution in [0.4, 0.5) is 8.78 Å². The van der Waals surface area contributed by atoms with Crippen molar-refractivity contribution < 1.29 is 18.3 Å². The normalized spacial score (nSPS) is 13.4. The molecule has 0 fully saturated rings. The van der Waals surface area contributed by atoms with Crippen molar-refractivity contribution in [2.24, 2.45) is 0 Å². The first-order valence-electron chi connectivity index (χ1n) is 5.71. The first-order chi connectivity index (χ1) is 8.42. The molecule has 18 heavy (non-hydrogen) atoms. The summed E-state index contributed by atoms with van der Waals surface area (Å²) in [6, 6.07) is 3.43. The maximum atomic E-state index is 13.4. The highest BCUT2D eigenvalue weighted by Gasteiger charge is 2.29. The van der Waals surface area contributed by atoms with Gasteiger partial charge in [0.2, 0.25) is 0 Å². The molecule has 1 rings (SSSR count). The van der Waals surface area contributed by atoms with Crippen LogP contribution >= 0.6 is 0 Å². The molecule has 3 nitrogen and oxygen atoms in total.